The fourth-order valence-electron chi connectivity index (χ4n) is 3.58. The van der Waals surface area contributed by atoms with Crippen molar-refractivity contribution in [3.05, 3.63) is 83.9 Å². The van der Waals surface area contributed by atoms with Gasteiger partial charge >= 0.3 is 6.09 Å². The van der Waals surface area contributed by atoms with Crippen molar-refractivity contribution in [3.63, 3.8) is 0 Å². The first kappa shape index (κ1) is 27.1. The first-order valence-corrected chi connectivity index (χ1v) is 13.1. The molecule has 0 aliphatic rings. The third-order valence-corrected chi connectivity index (χ3v) is 7.20. The van der Waals surface area contributed by atoms with Crippen LogP contribution in [0.25, 0.3) is 0 Å². The fraction of sp³-hybridized carbons (Fsp3) is 0.321. The highest BCUT2D eigenvalue weighted by molar-refractivity contribution is 7.91. The highest BCUT2D eigenvalue weighted by atomic mass is 32.2. The van der Waals surface area contributed by atoms with E-state index < -0.39 is 15.4 Å². The number of rotatable bonds is 9. The number of sulfone groups is 1. The van der Waals surface area contributed by atoms with Crippen LogP contribution in [0.1, 0.15) is 31.9 Å². The van der Waals surface area contributed by atoms with Crippen LogP contribution in [-0.2, 0) is 27.5 Å². The van der Waals surface area contributed by atoms with Crippen LogP contribution >= 0.6 is 0 Å². The summed E-state index contributed by atoms with van der Waals surface area (Å²) in [5.74, 6) is 0.799. The van der Waals surface area contributed by atoms with E-state index in [1.54, 1.807) is 35.2 Å². The number of carbonyl (C=O) groups is 1. The maximum atomic E-state index is 13.1. The van der Waals surface area contributed by atoms with Gasteiger partial charge in [-0.2, -0.15) is 0 Å². The lowest BCUT2D eigenvalue weighted by atomic mass is 10.1. The van der Waals surface area contributed by atoms with E-state index in [0.717, 1.165) is 11.1 Å². The molecule has 0 fully saturated rings. The van der Waals surface area contributed by atoms with Crippen LogP contribution in [0.4, 0.5) is 4.79 Å². The van der Waals surface area contributed by atoms with Crippen molar-refractivity contribution < 1.29 is 27.4 Å². The number of nitrogens with zero attached hydrogens (tertiary/aromatic N) is 1. The normalized spacial score (nSPS) is 11.6. The Labute approximate surface area is 213 Å². The van der Waals surface area contributed by atoms with E-state index in [9.17, 15) is 13.2 Å². The molecule has 0 unspecified atom stereocenters. The molecule has 3 rings (SSSR count). The van der Waals surface area contributed by atoms with Gasteiger partial charge in [0, 0.05) is 19.2 Å². The Morgan fingerprint density at radius 1 is 0.806 bits per heavy atom. The summed E-state index contributed by atoms with van der Waals surface area (Å²) in [5, 5.41) is 0. The Balaban J connectivity index is 1.75. The second kappa shape index (κ2) is 11.5. The lowest BCUT2D eigenvalue weighted by Gasteiger charge is -2.27. The molecule has 0 N–H and O–H groups in total. The molecule has 0 spiro atoms. The van der Waals surface area contributed by atoms with Crippen LogP contribution in [0.3, 0.4) is 0 Å². The van der Waals surface area contributed by atoms with Crippen molar-refractivity contribution in [1.29, 1.82) is 0 Å². The highest BCUT2D eigenvalue weighted by Gasteiger charge is 2.23. The summed E-state index contributed by atoms with van der Waals surface area (Å²) in [7, 11) is -0.785. The van der Waals surface area contributed by atoms with Crippen LogP contribution in [0.15, 0.2) is 82.6 Å². The van der Waals surface area contributed by atoms with Crippen molar-refractivity contribution in [2.24, 2.45) is 0 Å². The molecule has 0 atom stereocenters. The van der Waals surface area contributed by atoms with Crippen molar-refractivity contribution in [2.45, 2.75) is 49.1 Å². The minimum atomic E-state index is -3.74. The van der Waals surface area contributed by atoms with Crippen molar-refractivity contribution in [3.8, 4) is 11.5 Å². The summed E-state index contributed by atoms with van der Waals surface area (Å²) >= 11 is 0. The summed E-state index contributed by atoms with van der Waals surface area (Å²) in [6.45, 7) is 6.35. The summed E-state index contributed by atoms with van der Waals surface area (Å²) in [5.41, 5.74) is 1.30. The molecule has 8 heteroatoms. The van der Waals surface area contributed by atoms with Crippen molar-refractivity contribution >= 4 is 15.9 Å². The van der Waals surface area contributed by atoms with Gasteiger partial charge in [-0.15, -0.1) is 0 Å². The molecule has 192 valence electrons. The number of methoxy groups -OCH3 is 2. The van der Waals surface area contributed by atoms with Gasteiger partial charge in [0.25, 0.3) is 0 Å². The Morgan fingerprint density at radius 2 is 1.42 bits per heavy atom. The van der Waals surface area contributed by atoms with Crippen LogP contribution in [-0.4, -0.2) is 45.8 Å². The molecule has 0 aromatic heterocycles. The van der Waals surface area contributed by atoms with Gasteiger partial charge in [-0.05, 0) is 62.6 Å². The molecule has 3 aromatic carbocycles. The van der Waals surface area contributed by atoms with Crippen molar-refractivity contribution in [1.82, 2.24) is 4.90 Å². The van der Waals surface area contributed by atoms with Gasteiger partial charge in [-0.25, -0.2) is 13.2 Å². The van der Waals surface area contributed by atoms with Gasteiger partial charge in [-0.1, -0.05) is 42.5 Å². The predicted octanol–water partition coefficient (Wildman–Crippen LogP) is 5.52. The first-order chi connectivity index (χ1) is 17.0. The SMILES string of the molecule is COc1ccc(S(=O)(=O)c2ccc(CCN(Cc3ccccc3)C(=O)OC(C)(C)C)cc2)cc1OC. The summed E-state index contributed by atoms with van der Waals surface area (Å²) in [4.78, 5) is 14.8. The number of benzene rings is 3. The van der Waals surface area contributed by atoms with E-state index >= 15 is 0 Å². The Hall–Kier alpha value is -3.52. The van der Waals surface area contributed by atoms with Gasteiger partial charge in [0.05, 0.1) is 24.0 Å². The number of hydrogen-bond acceptors (Lipinski definition) is 6. The molecule has 0 radical (unpaired) electrons. The van der Waals surface area contributed by atoms with Crippen LogP contribution in [0.2, 0.25) is 0 Å². The zero-order valence-corrected chi connectivity index (χ0v) is 22.2. The molecular formula is C28H33NO6S. The van der Waals surface area contributed by atoms with Crippen LogP contribution < -0.4 is 9.47 Å². The Kier molecular flexibility index (Phi) is 8.63. The number of ether oxygens (including phenoxy) is 3. The van der Waals surface area contributed by atoms with E-state index in [4.69, 9.17) is 14.2 Å². The maximum Gasteiger partial charge on any atom is 0.410 e. The average Bonchev–Trinajstić information content (AvgIpc) is 2.85. The van der Waals surface area contributed by atoms with Gasteiger partial charge in [0.15, 0.2) is 11.5 Å². The monoisotopic (exact) mass is 511 g/mol. The van der Waals surface area contributed by atoms with Gasteiger partial charge < -0.3 is 19.1 Å². The van der Waals surface area contributed by atoms with E-state index in [1.165, 1.54) is 26.4 Å². The number of amides is 1. The summed E-state index contributed by atoms with van der Waals surface area (Å²) in [6.07, 6.45) is 0.155. The molecule has 0 saturated carbocycles. The zero-order chi connectivity index (χ0) is 26.3. The predicted molar refractivity (Wildman–Crippen MR) is 138 cm³/mol. The Morgan fingerprint density at radius 3 is 2.00 bits per heavy atom. The van der Waals surface area contributed by atoms with Gasteiger partial charge in [0.2, 0.25) is 9.84 Å². The average molecular weight is 512 g/mol. The second-order valence-electron chi connectivity index (χ2n) is 9.30. The molecule has 0 aliphatic carbocycles. The molecule has 7 nitrogen and oxygen atoms in total. The smallest absolute Gasteiger partial charge is 0.410 e. The Bertz CT molecular complexity index is 1270. The van der Waals surface area contributed by atoms with E-state index in [2.05, 4.69) is 0 Å². The van der Waals surface area contributed by atoms with E-state index in [-0.39, 0.29) is 15.9 Å². The standard InChI is InChI=1S/C28H33NO6S/c1-28(2,3)35-27(30)29(20-22-9-7-6-8-10-22)18-17-21-11-13-23(14-12-21)36(31,32)24-15-16-25(33-4)26(19-24)34-5/h6-16,19H,17-18,20H2,1-5H3. The van der Waals surface area contributed by atoms with E-state index in [1.807, 2.05) is 51.1 Å². The summed E-state index contributed by atoms with van der Waals surface area (Å²) in [6, 6.07) is 20.9. The van der Waals surface area contributed by atoms with Crippen LogP contribution in [0.5, 0.6) is 11.5 Å². The molecule has 0 aliphatic heterocycles. The molecule has 1 amide bonds. The molecule has 0 saturated heterocycles. The van der Waals surface area contributed by atoms with E-state index in [0.29, 0.717) is 31.0 Å². The third kappa shape index (κ3) is 7.01. The van der Waals surface area contributed by atoms with Gasteiger partial charge in [-0.3, -0.25) is 0 Å². The minimum Gasteiger partial charge on any atom is -0.493 e. The quantitative estimate of drug-likeness (QED) is 0.376. The zero-order valence-electron chi connectivity index (χ0n) is 21.4. The fourth-order valence-corrected chi connectivity index (χ4v) is 4.86. The molecule has 0 bridgehead atoms. The lowest BCUT2D eigenvalue weighted by molar-refractivity contribution is 0.0236. The van der Waals surface area contributed by atoms with Gasteiger partial charge in [0.1, 0.15) is 5.60 Å². The molecule has 3 aromatic rings. The molecule has 0 heterocycles. The van der Waals surface area contributed by atoms with Crippen molar-refractivity contribution in [2.75, 3.05) is 20.8 Å². The largest absolute Gasteiger partial charge is 0.493 e. The highest BCUT2D eigenvalue weighted by Crippen LogP contribution is 2.32. The summed E-state index contributed by atoms with van der Waals surface area (Å²) < 4.78 is 42.3. The molecule has 36 heavy (non-hydrogen) atoms. The first-order valence-electron chi connectivity index (χ1n) is 11.6. The minimum absolute atomic E-state index is 0.117. The third-order valence-electron chi connectivity index (χ3n) is 5.44. The van der Waals surface area contributed by atoms with Crippen LogP contribution in [0, 0.1) is 0 Å². The maximum absolute atomic E-state index is 13.1. The number of carbonyl (C=O) groups excluding carboxylic acids is 1. The number of hydrogen-bond donors (Lipinski definition) is 0. The lowest BCUT2D eigenvalue weighted by Crippen LogP contribution is -2.37. The molecular weight excluding hydrogens is 478 g/mol. The second-order valence-corrected chi connectivity index (χ2v) is 11.3. The topological polar surface area (TPSA) is 82.1 Å².